The zero-order valence-corrected chi connectivity index (χ0v) is 10.9. The van der Waals surface area contributed by atoms with Crippen molar-refractivity contribution in [1.82, 2.24) is 0 Å². The first-order valence-corrected chi connectivity index (χ1v) is 6.07. The second-order valence-corrected chi connectivity index (χ2v) is 4.82. The summed E-state index contributed by atoms with van der Waals surface area (Å²) in [7, 11) is 0. The summed E-state index contributed by atoms with van der Waals surface area (Å²) in [6.45, 7) is 1.67. The Morgan fingerprint density at radius 2 is 1.76 bits per heavy atom. The molecule has 1 atom stereocenters. The predicted molar refractivity (Wildman–Crippen MR) is 69.3 cm³/mol. The molecule has 2 aromatic rings. The molecule has 0 saturated heterocycles. The average molecular weight is 295 g/mol. The molecule has 0 aliphatic rings. The highest BCUT2D eigenvalue weighted by Gasteiger charge is 2.14. The molecular weight excluding hydrogens is 283 g/mol. The van der Waals surface area contributed by atoms with Crippen LogP contribution >= 0.6 is 15.9 Å². The third-order valence-electron chi connectivity index (χ3n) is 2.79. The lowest BCUT2D eigenvalue weighted by Crippen LogP contribution is -2.03. The summed E-state index contributed by atoms with van der Waals surface area (Å²) in [6, 6.07) is 12.1. The van der Waals surface area contributed by atoms with Crippen molar-refractivity contribution in [2.75, 3.05) is 0 Å². The molecule has 2 rings (SSSR count). The van der Waals surface area contributed by atoms with Gasteiger partial charge in [-0.05, 0) is 41.8 Å². The van der Waals surface area contributed by atoms with Gasteiger partial charge in [0.15, 0.2) is 0 Å². The number of rotatable bonds is 2. The predicted octanol–water partition coefficient (Wildman–Crippen LogP) is 3.98. The van der Waals surface area contributed by atoms with Gasteiger partial charge < -0.3 is 5.11 Å². The van der Waals surface area contributed by atoms with Crippen LogP contribution in [-0.2, 0) is 0 Å². The Morgan fingerprint density at radius 3 is 2.41 bits per heavy atom. The van der Waals surface area contributed by atoms with E-state index in [1.165, 1.54) is 6.07 Å². The Labute approximate surface area is 108 Å². The summed E-state index contributed by atoms with van der Waals surface area (Å²) >= 11 is 3.34. The van der Waals surface area contributed by atoms with Crippen molar-refractivity contribution in [1.29, 1.82) is 0 Å². The molecule has 1 N–H and O–H groups in total. The third kappa shape index (κ3) is 2.56. The minimum absolute atomic E-state index is 0.293. The molecule has 0 heterocycles. The van der Waals surface area contributed by atoms with Crippen LogP contribution in [-0.4, -0.2) is 5.11 Å². The fraction of sp³-hybridized carbons (Fsp3) is 0.143. The first-order chi connectivity index (χ1) is 8.09. The van der Waals surface area contributed by atoms with Gasteiger partial charge in [-0.15, -0.1) is 0 Å². The van der Waals surface area contributed by atoms with Crippen LogP contribution in [0, 0.1) is 12.7 Å². The van der Waals surface area contributed by atoms with Gasteiger partial charge in [0.05, 0.1) is 0 Å². The molecule has 3 heteroatoms. The smallest absolute Gasteiger partial charge is 0.126 e. The lowest BCUT2D eigenvalue weighted by Gasteiger charge is -2.14. The maximum atomic E-state index is 13.4. The SMILES string of the molecule is Cc1c(F)cccc1[C@H](O)c1ccc(Br)cc1. The van der Waals surface area contributed by atoms with Crippen LogP contribution in [0.3, 0.4) is 0 Å². The molecule has 1 nitrogen and oxygen atoms in total. The quantitative estimate of drug-likeness (QED) is 0.888. The van der Waals surface area contributed by atoms with Crippen LogP contribution < -0.4 is 0 Å². The molecule has 0 fully saturated rings. The Hall–Kier alpha value is -1.19. The van der Waals surface area contributed by atoms with E-state index in [0.717, 1.165) is 10.0 Å². The molecule has 0 aliphatic carbocycles. The zero-order valence-electron chi connectivity index (χ0n) is 9.32. The van der Waals surface area contributed by atoms with Crippen LogP contribution in [0.1, 0.15) is 22.8 Å². The van der Waals surface area contributed by atoms with Gasteiger partial charge >= 0.3 is 0 Å². The van der Waals surface area contributed by atoms with Crippen LogP contribution in [0.4, 0.5) is 4.39 Å². The van der Waals surface area contributed by atoms with Crippen molar-refractivity contribution in [3.05, 3.63) is 69.4 Å². The highest BCUT2D eigenvalue weighted by atomic mass is 79.9. The third-order valence-corrected chi connectivity index (χ3v) is 3.32. The molecule has 0 saturated carbocycles. The van der Waals surface area contributed by atoms with Gasteiger partial charge in [0.2, 0.25) is 0 Å². The normalized spacial score (nSPS) is 12.5. The van der Waals surface area contributed by atoms with E-state index in [1.54, 1.807) is 19.1 Å². The van der Waals surface area contributed by atoms with E-state index in [9.17, 15) is 9.50 Å². The summed E-state index contributed by atoms with van der Waals surface area (Å²) in [5.74, 6) is -0.293. The van der Waals surface area contributed by atoms with Crippen molar-refractivity contribution in [2.24, 2.45) is 0 Å². The van der Waals surface area contributed by atoms with Crippen molar-refractivity contribution >= 4 is 15.9 Å². The van der Waals surface area contributed by atoms with Crippen molar-refractivity contribution in [3.8, 4) is 0 Å². The van der Waals surface area contributed by atoms with Gasteiger partial charge in [0.25, 0.3) is 0 Å². The van der Waals surface area contributed by atoms with Crippen molar-refractivity contribution in [3.63, 3.8) is 0 Å². The van der Waals surface area contributed by atoms with Gasteiger partial charge in [0, 0.05) is 4.47 Å². The van der Waals surface area contributed by atoms with E-state index in [4.69, 9.17) is 0 Å². The zero-order chi connectivity index (χ0) is 12.4. The molecule has 0 spiro atoms. The lowest BCUT2D eigenvalue weighted by atomic mass is 9.97. The lowest BCUT2D eigenvalue weighted by molar-refractivity contribution is 0.219. The van der Waals surface area contributed by atoms with Gasteiger partial charge in [-0.2, -0.15) is 0 Å². The molecular formula is C14H12BrFO. The maximum Gasteiger partial charge on any atom is 0.126 e. The van der Waals surface area contributed by atoms with E-state index >= 15 is 0 Å². The van der Waals surface area contributed by atoms with Crippen LogP contribution in [0.25, 0.3) is 0 Å². The number of benzene rings is 2. The summed E-state index contributed by atoms with van der Waals surface area (Å²) < 4.78 is 14.3. The minimum atomic E-state index is -0.793. The van der Waals surface area contributed by atoms with Gasteiger partial charge in [-0.3, -0.25) is 0 Å². The van der Waals surface area contributed by atoms with E-state index in [1.807, 2.05) is 24.3 Å². The molecule has 0 aliphatic heterocycles. The van der Waals surface area contributed by atoms with Gasteiger partial charge in [0.1, 0.15) is 11.9 Å². The number of hydrogen-bond acceptors (Lipinski definition) is 1. The average Bonchev–Trinajstić information content (AvgIpc) is 2.33. The molecule has 0 bridgehead atoms. The van der Waals surface area contributed by atoms with Gasteiger partial charge in [-0.1, -0.05) is 40.2 Å². The van der Waals surface area contributed by atoms with E-state index in [0.29, 0.717) is 11.1 Å². The monoisotopic (exact) mass is 294 g/mol. The summed E-state index contributed by atoms with van der Waals surface area (Å²) in [4.78, 5) is 0. The summed E-state index contributed by atoms with van der Waals surface area (Å²) in [6.07, 6.45) is -0.793. The first kappa shape index (κ1) is 12.3. The van der Waals surface area contributed by atoms with E-state index in [-0.39, 0.29) is 5.82 Å². The molecule has 0 amide bonds. The number of aliphatic hydroxyl groups excluding tert-OH is 1. The number of hydrogen-bond donors (Lipinski definition) is 1. The number of halogens is 2. The van der Waals surface area contributed by atoms with E-state index < -0.39 is 6.10 Å². The summed E-state index contributed by atoms with van der Waals surface area (Å²) in [5, 5.41) is 10.2. The fourth-order valence-corrected chi connectivity index (χ4v) is 2.01. The Bertz CT molecular complexity index is 522. The fourth-order valence-electron chi connectivity index (χ4n) is 1.75. The maximum absolute atomic E-state index is 13.4. The highest BCUT2D eigenvalue weighted by molar-refractivity contribution is 9.10. The van der Waals surface area contributed by atoms with E-state index in [2.05, 4.69) is 15.9 Å². The highest BCUT2D eigenvalue weighted by Crippen LogP contribution is 2.26. The standard InChI is InChI=1S/C14H12BrFO/c1-9-12(3-2-4-13(9)16)14(17)10-5-7-11(15)8-6-10/h2-8,14,17H,1H3/t14-/m1/s1. The molecule has 0 unspecified atom stereocenters. The Morgan fingerprint density at radius 1 is 1.12 bits per heavy atom. The van der Waals surface area contributed by atoms with Crippen LogP contribution in [0.15, 0.2) is 46.9 Å². The first-order valence-electron chi connectivity index (χ1n) is 5.28. The van der Waals surface area contributed by atoms with Crippen LogP contribution in [0.5, 0.6) is 0 Å². The molecule has 88 valence electrons. The summed E-state index contributed by atoms with van der Waals surface area (Å²) in [5.41, 5.74) is 1.84. The molecule has 17 heavy (non-hydrogen) atoms. The van der Waals surface area contributed by atoms with Gasteiger partial charge in [-0.25, -0.2) is 4.39 Å². The minimum Gasteiger partial charge on any atom is -0.384 e. The number of aliphatic hydroxyl groups is 1. The second-order valence-electron chi connectivity index (χ2n) is 3.91. The Balaban J connectivity index is 2.40. The molecule has 0 aromatic heterocycles. The Kier molecular flexibility index (Phi) is 3.60. The topological polar surface area (TPSA) is 20.2 Å². The second kappa shape index (κ2) is 4.98. The molecule has 2 aromatic carbocycles. The largest absolute Gasteiger partial charge is 0.384 e. The van der Waals surface area contributed by atoms with Crippen LogP contribution in [0.2, 0.25) is 0 Å². The molecule has 0 radical (unpaired) electrons. The van der Waals surface area contributed by atoms with Crippen molar-refractivity contribution in [2.45, 2.75) is 13.0 Å². The van der Waals surface area contributed by atoms with Crippen molar-refractivity contribution < 1.29 is 9.50 Å².